The maximum Gasteiger partial charge on any atom is 0.312 e. The molecule has 4 aliphatic rings. The summed E-state index contributed by atoms with van der Waals surface area (Å²) < 4.78 is 23.6. The van der Waals surface area contributed by atoms with Gasteiger partial charge >= 0.3 is 11.8 Å². The van der Waals surface area contributed by atoms with Crippen molar-refractivity contribution < 1.29 is 58.9 Å². The minimum absolute atomic E-state index is 0.0625. The van der Waals surface area contributed by atoms with Gasteiger partial charge in [0.2, 0.25) is 0 Å². The molecule has 5 bridgehead atoms. The average molecular weight is 822 g/mol. The molecule has 59 heavy (non-hydrogen) atoms. The summed E-state index contributed by atoms with van der Waals surface area (Å²) in [6.07, 6.45) is 8.81. The third-order valence-corrected chi connectivity index (χ3v) is 12.0. The standard InChI is InChI=1S/C44H59N3O12/c1-22-15-14-16-23(2)43(55)46-34-29(21-45-47-18-12-10-11-13-19-47)38(52)31-32(39(34)53)37(51)27(6)41-33(31)42(54)44(8,59-41)57-20-17-30(56-9)24(3)40(58-28(7)48)26(5)36(50)25(4)35(22)49/h14-17,20-22,24-26,30,35-36,40,49-53H,10-13,18-19H2,1-9H3,(H,46,55). The lowest BCUT2D eigenvalue weighted by atomic mass is 9.78. The summed E-state index contributed by atoms with van der Waals surface area (Å²) in [5.41, 5.74) is -0.293. The molecule has 0 radical (unpaired) electrons. The molecular weight excluding hydrogens is 762 g/mol. The van der Waals surface area contributed by atoms with Crippen molar-refractivity contribution in [2.75, 3.05) is 25.5 Å². The molecule has 0 aromatic heterocycles. The lowest BCUT2D eigenvalue weighted by Crippen LogP contribution is -2.46. The maximum absolute atomic E-state index is 14.4. The molecule has 0 aliphatic carbocycles. The average Bonchev–Trinajstić information content (AvgIpc) is 3.33. The van der Waals surface area contributed by atoms with E-state index in [1.54, 1.807) is 39.8 Å². The van der Waals surface area contributed by atoms with Gasteiger partial charge in [0.15, 0.2) is 5.75 Å². The first-order valence-electron chi connectivity index (χ1n) is 20.2. The Morgan fingerprint density at radius 2 is 1.59 bits per heavy atom. The maximum atomic E-state index is 14.4. The normalized spacial score (nSPS) is 29.9. The number of aromatic hydroxyl groups is 3. The molecule has 1 saturated heterocycles. The van der Waals surface area contributed by atoms with Gasteiger partial charge in [0, 0.05) is 74.2 Å². The number of phenols is 3. The zero-order chi connectivity index (χ0) is 43.5. The van der Waals surface area contributed by atoms with Crippen LogP contribution in [0.1, 0.15) is 95.6 Å². The van der Waals surface area contributed by atoms with E-state index in [0.717, 1.165) is 25.7 Å². The van der Waals surface area contributed by atoms with Crippen molar-refractivity contribution >= 4 is 40.3 Å². The fourth-order valence-electron chi connectivity index (χ4n) is 8.18. The first-order valence-corrected chi connectivity index (χ1v) is 20.2. The highest BCUT2D eigenvalue weighted by Crippen LogP contribution is 2.55. The highest BCUT2D eigenvalue weighted by atomic mass is 16.7. The number of rotatable bonds is 4. The molecule has 1 fully saturated rings. The molecule has 6 N–H and O–H groups in total. The van der Waals surface area contributed by atoms with Crippen molar-refractivity contribution in [3.05, 3.63) is 52.8 Å². The number of hydrazone groups is 1. The number of nitrogens with one attached hydrogen (secondary N) is 1. The Morgan fingerprint density at radius 1 is 0.932 bits per heavy atom. The third-order valence-electron chi connectivity index (χ3n) is 12.0. The summed E-state index contributed by atoms with van der Waals surface area (Å²) in [7, 11) is 1.44. The third kappa shape index (κ3) is 9.07. The number of Topliss-reactive ketones (excluding diaryl/α,β-unsaturated/α-hetero) is 1. The minimum Gasteiger partial charge on any atom is -0.507 e. The predicted molar refractivity (Wildman–Crippen MR) is 221 cm³/mol. The predicted octanol–water partition coefficient (Wildman–Crippen LogP) is 5.96. The van der Waals surface area contributed by atoms with Gasteiger partial charge in [-0.3, -0.25) is 19.4 Å². The number of benzene rings is 2. The Morgan fingerprint density at radius 3 is 2.22 bits per heavy atom. The van der Waals surface area contributed by atoms with Gasteiger partial charge in [0.05, 0.1) is 53.0 Å². The topological polar surface area (TPSA) is 217 Å². The summed E-state index contributed by atoms with van der Waals surface area (Å²) in [5.74, 6) is -8.26. The summed E-state index contributed by atoms with van der Waals surface area (Å²) in [6.45, 7) is 13.9. The van der Waals surface area contributed by atoms with E-state index in [9.17, 15) is 39.9 Å². The minimum atomic E-state index is -2.04. The lowest BCUT2D eigenvalue weighted by Gasteiger charge is -2.38. The fourth-order valence-corrected chi connectivity index (χ4v) is 8.18. The number of hydrogen-bond donors (Lipinski definition) is 6. The smallest absolute Gasteiger partial charge is 0.312 e. The van der Waals surface area contributed by atoms with E-state index in [0.29, 0.717) is 13.1 Å². The Bertz CT molecular complexity index is 2050. The molecule has 2 aromatic carbocycles. The first kappa shape index (κ1) is 45.0. The van der Waals surface area contributed by atoms with E-state index in [1.807, 2.05) is 5.01 Å². The zero-order valence-corrected chi connectivity index (χ0v) is 35.3. The van der Waals surface area contributed by atoms with Crippen molar-refractivity contribution in [1.29, 1.82) is 0 Å². The number of methoxy groups -OCH3 is 1. The van der Waals surface area contributed by atoms with Crippen molar-refractivity contribution in [2.45, 2.75) is 111 Å². The van der Waals surface area contributed by atoms with Gasteiger partial charge in [-0.15, -0.1) is 0 Å². The van der Waals surface area contributed by atoms with Crippen LogP contribution in [0.5, 0.6) is 23.0 Å². The molecular formula is C44H59N3O12. The Kier molecular flexibility index (Phi) is 14.0. The van der Waals surface area contributed by atoms with Crippen molar-refractivity contribution in [2.24, 2.45) is 28.8 Å². The van der Waals surface area contributed by atoms with Crippen LogP contribution in [-0.4, -0.2) is 105 Å². The number of carbonyl (C=O) groups is 3. The number of aliphatic hydroxyl groups is 2. The molecule has 2 aromatic rings. The van der Waals surface area contributed by atoms with E-state index in [4.69, 9.17) is 18.9 Å². The van der Waals surface area contributed by atoms with Crippen LogP contribution >= 0.6 is 0 Å². The van der Waals surface area contributed by atoms with Crippen LogP contribution in [-0.2, 0) is 23.8 Å². The van der Waals surface area contributed by atoms with Gasteiger partial charge in [0.1, 0.15) is 23.4 Å². The number of ketones is 1. The summed E-state index contributed by atoms with van der Waals surface area (Å²) in [6, 6.07) is 0. The molecule has 15 nitrogen and oxygen atoms in total. The highest BCUT2D eigenvalue weighted by molar-refractivity contribution is 6.23. The van der Waals surface area contributed by atoms with Crippen molar-refractivity contribution in [1.82, 2.24) is 5.01 Å². The van der Waals surface area contributed by atoms with E-state index in [2.05, 4.69) is 10.4 Å². The Hall–Kier alpha value is -5.12. The van der Waals surface area contributed by atoms with Gasteiger partial charge in [-0.05, 0) is 32.8 Å². The largest absolute Gasteiger partial charge is 0.507 e. The number of amides is 1. The van der Waals surface area contributed by atoms with E-state index < -0.39 is 88.8 Å². The first-order chi connectivity index (χ1) is 27.8. The number of anilines is 1. The molecule has 6 rings (SSSR count). The summed E-state index contributed by atoms with van der Waals surface area (Å²) >= 11 is 0. The van der Waals surface area contributed by atoms with Crippen LogP contribution in [0, 0.1) is 30.6 Å². The van der Waals surface area contributed by atoms with E-state index >= 15 is 0 Å². The number of esters is 1. The van der Waals surface area contributed by atoms with Crippen LogP contribution in [0.15, 0.2) is 41.2 Å². The van der Waals surface area contributed by atoms with Gasteiger partial charge in [0.25, 0.3) is 11.7 Å². The van der Waals surface area contributed by atoms with Crippen LogP contribution in [0.2, 0.25) is 0 Å². The molecule has 0 saturated carbocycles. The fraction of sp³-hybridized carbons (Fsp3) is 0.545. The van der Waals surface area contributed by atoms with Crippen molar-refractivity contribution in [3.8, 4) is 23.0 Å². The quantitative estimate of drug-likeness (QED) is 0.0909. The number of carbonyl (C=O) groups excluding carboxylic acids is 3. The molecule has 4 heterocycles. The number of allylic oxidation sites excluding steroid dienone is 2. The van der Waals surface area contributed by atoms with Crippen LogP contribution in [0.3, 0.4) is 0 Å². The van der Waals surface area contributed by atoms with E-state index in [-0.39, 0.29) is 44.5 Å². The molecule has 9 atom stereocenters. The summed E-state index contributed by atoms with van der Waals surface area (Å²) in [4.78, 5) is 40.5. The van der Waals surface area contributed by atoms with E-state index in [1.165, 1.54) is 59.4 Å². The molecule has 15 heteroatoms. The number of ether oxygens (including phenoxy) is 4. The lowest BCUT2D eigenvalue weighted by molar-refractivity contribution is -0.160. The SMILES string of the molecule is COC1C=COC2(C)Oc3c(C)c(O)c4c(O)c(c(C=NN5CCCCCC5)c(O)c4c3C2=O)NC(=O)C(C)=CC=CC(C)C(O)C(C)C(O)C(C)C(OC(C)=O)C1C. The molecule has 9 unspecified atom stereocenters. The zero-order valence-electron chi connectivity index (χ0n) is 35.3. The number of phenolic OH excluding ortho intramolecular Hbond substituents is 3. The second-order valence-corrected chi connectivity index (χ2v) is 16.2. The van der Waals surface area contributed by atoms with Gasteiger partial charge in [-0.25, -0.2) is 0 Å². The highest BCUT2D eigenvalue weighted by Gasteiger charge is 2.50. The second-order valence-electron chi connectivity index (χ2n) is 16.2. The van der Waals surface area contributed by atoms with Gasteiger partial charge in [-0.1, -0.05) is 58.8 Å². The van der Waals surface area contributed by atoms with Gasteiger partial charge in [-0.2, -0.15) is 5.10 Å². The van der Waals surface area contributed by atoms with Crippen LogP contribution < -0.4 is 10.1 Å². The Balaban J connectivity index is 1.71. The van der Waals surface area contributed by atoms with Crippen LogP contribution in [0.25, 0.3) is 10.8 Å². The summed E-state index contributed by atoms with van der Waals surface area (Å²) in [5, 5.41) is 67.1. The number of nitrogens with zero attached hydrogens (tertiary/aromatic N) is 2. The Labute approximate surface area is 345 Å². The molecule has 4 aliphatic heterocycles. The molecule has 322 valence electrons. The van der Waals surface area contributed by atoms with Gasteiger partial charge < -0.3 is 49.8 Å². The monoisotopic (exact) mass is 821 g/mol. The molecule has 1 amide bonds. The van der Waals surface area contributed by atoms with Crippen LogP contribution in [0.4, 0.5) is 5.69 Å². The number of hydrogen-bond acceptors (Lipinski definition) is 14. The molecule has 0 spiro atoms. The number of aliphatic hydroxyl groups excluding tert-OH is 2. The van der Waals surface area contributed by atoms with Crippen molar-refractivity contribution in [3.63, 3.8) is 0 Å². The number of fused-ring (bicyclic) bond motifs is 14. The second kappa shape index (κ2) is 18.4.